The van der Waals surface area contributed by atoms with Crippen LogP contribution < -0.4 is 5.32 Å². The summed E-state index contributed by atoms with van der Waals surface area (Å²) in [6, 6.07) is 17.3. The molecule has 1 heterocycles. The fourth-order valence-electron chi connectivity index (χ4n) is 2.57. The Bertz CT molecular complexity index is 880. The SMILES string of the molecule is CCCOC(=O)c1cccc(Nc2cc(C)nc3ccccc23)c1.Cl. The summed E-state index contributed by atoms with van der Waals surface area (Å²) in [5.41, 5.74) is 4.24. The van der Waals surface area contributed by atoms with Gasteiger partial charge >= 0.3 is 5.97 Å². The standard InChI is InChI=1S/C20H20N2O2.ClH/c1-3-11-24-20(23)15-7-6-8-16(13-15)22-19-12-14(2)21-18-10-5-4-9-17(18)19;/h4-10,12-13H,3,11H2,1-2H3,(H,21,22);1H. The van der Waals surface area contributed by atoms with Crippen molar-refractivity contribution in [3.63, 3.8) is 0 Å². The molecule has 0 atom stereocenters. The molecular weight excluding hydrogens is 336 g/mol. The Hall–Kier alpha value is -2.59. The second-order valence-corrected chi connectivity index (χ2v) is 5.67. The first-order valence-corrected chi connectivity index (χ1v) is 8.08. The van der Waals surface area contributed by atoms with E-state index in [9.17, 15) is 4.79 Å². The Morgan fingerprint density at radius 1 is 1.12 bits per heavy atom. The molecule has 1 N–H and O–H groups in total. The van der Waals surface area contributed by atoms with E-state index in [0.717, 1.165) is 34.4 Å². The molecule has 0 saturated heterocycles. The van der Waals surface area contributed by atoms with Crippen molar-refractivity contribution in [1.82, 2.24) is 4.98 Å². The Labute approximate surface area is 153 Å². The summed E-state index contributed by atoms with van der Waals surface area (Å²) in [7, 11) is 0. The molecule has 0 amide bonds. The normalized spacial score (nSPS) is 10.2. The maximum absolute atomic E-state index is 12.0. The first kappa shape index (κ1) is 18.7. The molecule has 4 nitrogen and oxygen atoms in total. The van der Waals surface area contributed by atoms with Crippen LogP contribution in [0.25, 0.3) is 10.9 Å². The molecular formula is C20H21ClN2O2. The van der Waals surface area contributed by atoms with E-state index >= 15 is 0 Å². The van der Waals surface area contributed by atoms with Crippen LogP contribution in [0.4, 0.5) is 11.4 Å². The maximum Gasteiger partial charge on any atom is 0.338 e. The fraction of sp³-hybridized carbons (Fsp3) is 0.200. The molecule has 0 saturated carbocycles. The average molecular weight is 357 g/mol. The zero-order valence-corrected chi connectivity index (χ0v) is 15.1. The van der Waals surface area contributed by atoms with E-state index in [-0.39, 0.29) is 18.4 Å². The van der Waals surface area contributed by atoms with Crippen molar-refractivity contribution in [3.05, 3.63) is 65.9 Å². The topological polar surface area (TPSA) is 51.2 Å². The van der Waals surface area contributed by atoms with Crippen LogP contribution in [0.1, 0.15) is 29.4 Å². The molecule has 1 aromatic heterocycles. The molecule has 0 radical (unpaired) electrons. The van der Waals surface area contributed by atoms with Crippen molar-refractivity contribution in [3.8, 4) is 0 Å². The fourth-order valence-corrected chi connectivity index (χ4v) is 2.57. The van der Waals surface area contributed by atoms with Crippen LogP contribution in [-0.4, -0.2) is 17.6 Å². The maximum atomic E-state index is 12.0. The number of rotatable bonds is 5. The second kappa shape index (κ2) is 8.49. The van der Waals surface area contributed by atoms with Gasteiger partial charge in [0.1, 0.15) is 0 Å². The third kappa shape index (κ3) is 4.48. The highest BCUT2D eigenvalue weighted by molar-refractivity contribution is 5.94. The predicted molar refractivity (Wildman–Crippen MR) is 104 cm³/mol. The number of anilines is 2. The van der Waals surface area contributed by atoms with Crippen LogP contribution in [0.15, 0.2) is 54.6 Å². The Morgan fingerprint density at radius 2 is 1.92 bits per heavy atom. The first-order chi connectivity index (χ1) is 11.7. The lowest BCUT2D eigenvalue weighted by molar-refractivity contribution is 0.0505. The van der Waals surface area contributed by atoms with Gasteiger partial charge in [-0.15, -0.1) is 12.4 Å². The number of hydrogen-bond donors (Lipinski definition) is 1. The lowest BCUT2D eigenvalue weighted by Crippen LogP contribution is -2.06. The zero-order chi connectivity index (χ0) is 16.9. The number of para-hydroxylation sites is 1. The van der Waals surface area contributed by atoms with Crippen LogP contribution in [0.2, 0.25) is 0 Å². The van der Waals surface area contributed by atoms with Gasteiger partial charge in [-0.05, 0) is 43.7 Å². The van der Waals surface area contributed by atoms with Crippen molar-refractivity contribution in [2.45, 2.75) is 20.3 Å². The van der Waals surface area contributed by atoms with Crippen LogP contribution in [-0.2, 0) is 4.74 Å². The quantitative estimate of drug-likeness (QED) is 0.632. The summed E-state index contributed by atoms with van der Waals surface area (Å²) < 4.78 is 5.20. The summed E-state index contributed by atoms with van der Waals surface area (Å²) in [5, 5.41) is 4.43. The van der Waals surface area contributed by atoms with Crippen molar-refractivity contribution in [2.75, 3.05) is 11.9 Å². The highest BCUT2D eigenvalue weighted by Crippen LogP contribution is 2.26. The lowest BCUT2D eigenvalue weighted by atomic mass is 10.1. The van der Waals surface area contributed by atoms with E-state index in [0.29, 0.717) is 12.2 Å². The van der Waals surface area contributed by atoms with Gasteiger partial charge in [0.25, 0.3) is 0 Å². The van der Waals surface area contributed by atoms with Crippen LogP contribution >= 0.6 is 12.4 Å². The number of pyridine rings is 1. The minimum Gasteiger partial charge on any atom is -0.462 e. The molecule has 0 bridgehead atoms. The summed E-state index contributed by atoms with van der Waals surface area (Å²) in [6.45, 7) is 4.38. The van der Waals surface area contributed by atoms with Crippen molar-refractivity contribution in [2.24, 2.45) is 0 Å². The Morgan fingerprint density at radius 3 is 2.72 bits per heavy atom. The molecule has 0 fully saturated rings. The molecule has 3 rings (SSSR count). The third-order valence-corrected chi connectivity index (χ3v) is 3.66. The molecule has 0 aliphatic carbocycles. The van der Waals surface area contributed by atoms with Crippen molar-refractivity contribution < 1.29 is 9.53 Å². The van der Waals surface area contributed by atoms with Gasteiger partial charge in [-0.2, -0.15) is 0 Å². The summed E-state index contributed by atoms with van der Waals surface area (Å²) in [6.07, 6.45) is 0.811. The van der Waals surface area contributed by atoms with Gasteiger partial charge in [0.05, 0.1) is 17.7 Å². The number of aromatic nitrogens is 1. The Balaban J connectivity index is 0.00000225. The summed E-state index contributed by atoms with van der Waals surface area (Å²) in [5.74, 6) is -0.295. The van der Waals surface area contributed by atoms with Gasteiger partial charge in [-0.1, -0.05) is 31.2 Å². The van der Waals surface area contributed by atoms with Crippen LogP contribution in [0.5, 0.6) is 0 Å². The first-order valence-electron chi connectivity index (χ1n) is 8.08. The molecule has 25 heavy (non-hydrogen) atoms. The number of carbonyl (C=O) groups excluding carboxylic acids is 1. The number of carbonyl (C=O) groups is 1. The van der Waals surface area contributed by atoms with E-state index in [1.54, 1.807) is 6.07 Å². The van der Waals surface area contributed by atoms with Crippen LogP contribution in [0, 0.1) is 6.92 Å². The number of ether oxygens (including phenoxy) is 1. The minimum absolute atomic E-state index is 0. The largest absolute Gasteiger partial charge is 0.462 e. The monoisotopic (exact) mass is 356 g/mol. The van der Waals surface area contributed by atoms with Gasteiger partial charge in [0, 0.05) is 22.5 Å². The number of nitrogens with zero attached hydrogens (tertiary/aromatic N) is 1. The lowest BCUT2D eigenvalue weighted by Gasteiger charge is -2.12. The van der Waals surface area contributed by atoms with Gasteiger partial charge in [0.15, 0.2) is 0 Å². The smallest absolute Gasteiger partial charge is 0.338 e. The summed E-state index contributed by atoms with van der Waals surface area (Å²) >= 11 is 0. The molecule has 130 valence electrons. The highest BCUT2D eigenvalue weighted by atomic mass is 35.5. The zero-order valence-electron chi connectivity index (χ0n) is 14.3. The third-order valence-electron chi connectivity index (χ3n) is 3.66. The number of benzene rings is 2. The van der Waals surface area contributed by atoms with Gasteiger partial charge < -0.3 is 10.1 Å². The van der Waals surface area contributed by atoms with Gasteiger partial charge in [0.2, 0.25) is 0 Å². The number of halogens is 1. The van der Waals surface area contributed by atoms with Crippen molar-refractivity contribution in [1.29, 1.82) is 0 Å². The molecule has 3 aromatic rings. The number of aryl methyl sites for hydroxylation is 1. The molecule has 5 heteroatoms. The molecule has 0 unspecified atom stereocenters. The number of fused-ring (bicyclic) bond motifs is 1. The number of nitrogens with one attached hydrogen (secondary N) is 1. The highest BCUT2D eigenvalue weighted by Gasteiger charge is 2.09. The van der Waals surface area contributed by atoms with E-state index in [1.807, 2.05) is 62.4 Å². The predicted octanol–water partition coefficient (Wildman–Crippen LogP) is 5.28. The number of esters is 1. The summed E-state index contributed by atoms with van der Waals surface area (Å²) in [4.78, 5) is 16.6. The Kier molecular flexibility index (Phi) is 6.37. The molecule has 0 aliphatic rings. The van der Waals surface area contributed by atoms with E-state index in [2.05, 4.69) is 10.3 Å². The van der Waals surface area contributed by atoms with Crippen LogP contribution in [0.3, 0.4) is 0 Å². The van der Waals surface area contributed by atoms with Crippen molar-refractivity contribution >= 4 is 40.7 Å². The minimum atomic E-state index is -0.295. The number of hydrogen-bond acceptors (Lipinski definition) is 4. The van der Waals surface area contributed by atoms with E-state index < -0.39 is 0 Å². The average Bonchev–Trinajstić information content (AvgIpc) is 2.59. The van der Waals surface area contributed by atoms with Gasteiger partial charge in [-0.3, -0.25) is 4.98 Å². The van der Waals surface area contributed by atoms with E-state index in [1.165, 1.54) is 0 Å². The molecule has 0 aliphatic heterocycles. The second-order valence-electron chi connectivity index (χ2n) is 5.67. The molecule has 2 aromatic carbocycles. The molecule has 0 spiro atoms. The van der Waals surface area contributed by atoms with E-state index in [4.69, 9.17) is 4.74 Å². The van der Waals surface area contributed by atoms with Gasteiger partial charge in [-0.25, -0.2) is 4.79 Å².